The van der Waals surface area contributed by atoms with Gasteiger partial charge in [-0.05, 0) is 42.2 Å². The van der Waals surface area contributed by atoms with E-state index in [1.54, 1.807) is 17.0 Å². The van der Waals surface area contributed by atoms with Crippen molar-refractivity contribution < 1.29 is 14.0 Å². The molecule has 2 amide bonds. The van der Waals surface area contributed by atoms with Crippen LogP contribution >= 0.6 is 11.6 Å². The van der Waals surface area contributed by atoms with E-state index in [-0.39, 0.29) is 11.8 Å². The fourth-order valence-corrected chi connectivity index (χ4v) is 3.81. The molecule has 1 fully saturated rings. The Kier molecular flexibility index (Phi) is 6.75. The van der Waals surface area contributed by atoms with Crippen LogP contribution in [-0.4, -0.2) is 54.3 Å². The van der Waals surface area contributed by atoms with Crippen LogP contribution in [-0.2, 0) is 17.6 Å². The van der Waals surface area contributed by atoms with Crippen molar-refractivity contribution in [3.8, 4) is 0 Å². The van der Waals surface area contributed by atoms with Gasteiger partial charge >= 0.3 is 0 Å². The number of aryl methyl sites for hydroxylation is 1. The summed E-state index contributed by atoms with van der Waals surface area (Å²) in [7, 11) is 0. The topological polar surface area (TPSA) is 65.8 Å². The molecule has 28 heavy (non-hydrogen) atoms. The van der Waals surface area contributed by atoms with Gasteiger partial charge in [0.2, 0.25) is 5.91 Å². The number of nitrogens with one attached hydrogen (secondary N) is 1. The molecule has 2 heterocycles. The zero-order chi connectivity index (χ0) is 20.1. The van der Waals surface area contributed by atoms with Gasteiger partial charge in [0.25, 0.3) is 5.91 Å². The molecular weight excluding hydrogens is 378 g/mol. The lowest BCUT2D eigenvalue weighted by molar-refractivity contribution is -0.117. The molecule has 0 unspecified atom stereocenters. The van der Waals surface area contributed by atoms with E-state index in [1.165, 1.54) is 6.26 Å². The van der Waals surface area contributed by atoms with Gasteiger partial charge in [0, 0.05) is 36.9 Å². The Labute approximate surface area is 170 Å². The van der Waals surface area contributed by atoms with Crippen LogP contribution in [0.4, 0.5) is 5.69 Å². The van der Waals surface area contributed by atoms with Crippen molar-refractivity contribution in [3.63, 3.8) is 0 Å². The number of furan rings is 1. The van der Waals surface area contributed by atoms with Gasteiger partial charge in [0.1, 0.15) is 0 Å². The Morgan fingerprint density at radius 2 is 1.86 bits per heavy atom. The molecule has 0 saturated carbocycles. The third-order valence-electron chi connectivity index (χ3n) is 5.10. The van der Waals surface area contributed by atoms with E-state index in [0.29, 0.717) is 43.5 Å². The maximum absolute atomic E-state index is 12.6. The minimum Gasteiger partial charge on any atom is -0.459 e. The Hall–Kier alpha value is -2.31. The number of hydrogen-bond donors (Lipinski definition) is 1. The second-order valence-electron chi connectivity index (χ2n) is 6.86. The molecular formula is C21H26ClN3O3. The zero-order valence-corrected chi connectivity index (χ0v) is 17.1. The first-order chi connectivity index (χ1) is 13.5. The van der Waals surface area contributed by atoms with Crippen LogP contribution < -0.4 is 5.32 Å². The molecule has 1 aromatic carbocycles. The highest BCUT2D eigenvalue weighted by Gasteiger charge is 2.25. The first-order valence-electron chi connectivity index (χ1n) is 9.68. The first kappa shape index (κ1) is 20.4. The average Bonchev–Trinajstić information content (AvgIpc) is 3.23. The number of rotatable bonds is 6. The van der Waals surface area contributed by atoms with E-state index in [4.69, 9.17) is 16.0 Å². The molecule has 1 N–H and O–H groups in total. The van der Waals surface area contributed by atoms with Crippen LogP contribution in [0.25, 0.3) is 0 Å². The normalized spacial score (nSPS) is 14.9. The van der Waals surface area contributed by atoms with Crippen molar-refractivity contribution in [1.82, 2.24) is 9.80 Å². The summed E-state index contributed by atoms with van der Waals surface area (Å²) < 4.78 is 5.18. The minimum atomic E-state index is -0.104. The van der Waals surface area contributed by atoms with Gasteiger partial charge in [-0.2, -0.15) is 0 Å². The standard InChI is InChI=1S/C21H26ClN3O3/c1-3-15-7-8-17(22)16(4-2)20(15)23-19(26)14-24-9-11-25(12-10-24)21(27)18-6-5-13-28-18/h5-8,13H,3-4,9-12,14H2,1-2H3,(H,23,26). The van der Waals surface area contributed by atoms with E-state index >= 15 is 0 Å². The Balaban J connectivity index is 1.57. The van der Waals surface area contributed by atoms with Gasteiger partial charge in [0.15, 0.2) is 5.76 Å². The SMILES string of the molecule is CCc1ccc(Cl)c(CC)c1NC(=O)CN1CCN(C(=O)c2ccco2)CC1. The zero-order valence-electron chi connectivity index (χ0n) is 16.3. The largest absolute Gasteiger partial charge is 0.459 e. The summed E-state index contributed by atoms with van der Waals surface area (Å²) in [6.07, 6.45) is 3.09. The Morgan fingerprint density at radius 1 is 1.11 bits per heavy atom. The summed E-state index contributed by atoms with van der Waals surface area (Å²) in [5, 5.41) is 3.75. The number of halogens is 1. The number of anilines is 1. The molecule has 0 bridgehead atoms. The number of carbonyl (C=O) groups excluding carboxylic acids is 2. The van der Waals surface area contributed by atoms with E-state index in [0.717, 1.165) is 29.7 Å². The molecule has 0 radical (unpaired) electrons. The monoisotopic (exact) mass is 403 g/mol. The van der Waals surface area contributed by atoms with Gasteiger partial charge in [-0.1, -0.05) is 31.5 Å². The maximum atomic E-state index is 12.6. The summed E-state index contributed by atoms with van der Waals surface area (Å²) in [4.78, 5) is 28.8. The fraction of sp³-hybridized carbons (Fsp3) is 0.429. The Bertz CT molecular complexity index is 828. The van der Waals surface area contributed by atoms with Gasteiger partial charge in [0.05, 0.1) is 12.8 Å². The lowest BCUT2D eigenvalue weighted by Crippen LogP contribution is -2.50. The number of nitrogens with zero attached hydrogens (tertiary/aromatic N) is 2. The number of piperazine rings is 1. The molecule has 1 saturated heterocycles. The van der Waals surface area contributed by atoms with Gasteiger partial charge in [-0.25, -0.2) is 0 Å². The second-order valence-corrected chi connectivity index (χ2v) is 7.27. The van der Waals surface area contributed by atoms with Crippen molar-refractivity contribution >= 4 is 29.1 Å². The van der Waals surface area contributed by atoms with E-state index in [1.807, 2.05) is 19.1 Å². The predicted octanol–water partition coefficient (Wildman–Crippen LogP) is 3.45. The molecule has 1 aliphatic rings. The molecule has 0 atom stereocenters. The number of carbonyl (C=O) groups is 2. The fourth-order valence-electron chi connectivity index (χ4n) is 3.51. The van der Waals surface area contributed by atoms with Crippen LogP contribution in [0.1, 0.15) is 35.5 Å². The molecule has 6 nitrogen and oxygen atoms in total. The van der Waals surface area contributed by atoms with E-state index < -0.39 is 0 Å². The maximum Gasteiger partial charge on any atom is 0.289 e. The second kappa shape index (κ2) is 9.26. The van der Waals surface area contributed by atoms with E-state index in [9.17, 15) is 9.59 Å². The van der Waals surface area contributed by atoms with Crippen LogP contribution in [0.3, 0.4) is 0 Å². The third kappa shape index (κ3) is 4.56. The molecule has 0 spiro atoms. The predicted molar refractivity (Wildman–Crippen MR) is 110 cm³/mol. The van der Waals surface area contributed by atoms with Crippen LogP contribution in [0, 0.1) is 0 Å². The summed E-state index contributed by atoms with van der Waals surface area (Å²) in [5.41, 5.74) is 2.90. The molecule has 3 rings (SSSR count). The lowest BCUT2D eigenvalue weighted by Gasteiger charge is -2.33. The van der Waals surface area contributed by atoms with Crippen LogP contribution in [0.2, 0.25) is 5.02 Å². The molecule has 7 heteroatoms. The van der Waals surface area contributed by atoms with Gasteiger partial charge < -0.3 is 14.6 Å². The van der Waals surface area contributed by atoms with Crippen molar-refractivity contribution in [1.29, 1.82) is 0 Å². The third-order valence-corrected chi connectivity index (χ3v) is 5.45. The quantitative estimate of drug-likeness (QED) is 0.802. The molecule has 150 valence electrons. The lowest BCUT2D eigenvalue weighted by atomic mass is 10.0. The van der Waals surface area contributed by atoms with Crippen molar-refractivity contribution in [2.75, 3.05) is 38.0 Å². The van der Waals surface area contributed by atoms with Gasteiger partial charge in [-0.15, -0.1) is 0 Å². The summed E-state index contributed by atoms with van der Waals surface area (Å²) in [6.45, 7) is 6.84. The molecule has 0 aliphatic carbocycles. The smallest absolute Gasteiger partial charge is 0.289 e. The number of hydrogen-bond acceptors (Lipinski definition) is 4. The Morgan fingerprint density at radius 3 is 2.46 bits per heavy atom. The minimum absolute atomic E-state index is 0.0579. The number of benzene rings is 1. The highest BCUT2D eigenvalue weighted by Crippen LogP contribution is 2.29. The highest BCUT2D eigenvalue weighted by molar-refractivity contribution is 6.32. The van der Waals surface area contributed by atoms with Crippen molar-refractivity contribution in [2.24, 2.45) is 0 Å². The average molecular weight is 404 g/mol. The summed E-state index contributed by atoms with van der Waals surface area (Å²) >= 11 is 6.31. The highest BCUT2D eigenvalue weighted by atomic mass is 35.5. The molecule has 1 aliphatic heterocycles. The molecule has 2 aromatic rings. The number of amides is 2. The van der Waals surface area contributed by atoms with Crippen LogP contribution in [0.5, 0.6) is 0 Å². The first-order valence-corrected chi connectivity index (χ1v) is 10.1. The summed E-state index contributed by atoms with van der Waals surface area (Å²) in [5.74, 6) is 0.192. The van der Waals surface area contributed by atoms with Crippen LogP contribution in [0.15, 0.2) is 34.9 Å². The van der Waals surface area contributed by atoms with E-state index in [2.05, 4.69) is 17.1 Å². The van der Waals surface area contributed by atoms with Crippen molar-refractivity contribution in [3.05, 3.63) is 52.4 Å². The summed E-state index contributed by atoms with van der Waals surface area (Å²) in [6, 6.07) is 7.24. The van der Waals surface area contributed by atoms with Crippen molar-refractivity contribution in [2.45, 2.75) is 26.7 Å². The molecule has 1 aromatic heterocycles. The van der Waals surface area contributed by atoms with Gasteiger partial charge in [-0.3, -0.25) is 14.5 Å².